The maximum Gasteiger partial charge on any atom is 0.391 e. The highest BCUT2D eigenvalue weighted by Crippen LogP contribution is 2.40. The maximum absolute atomic E-state index is 12.6. The third-order valence-corrected chi connectivity index (χ3v) is 4.73. The number of carboxylic acids is 1. The Morgan fingerprint density at radius 3 is 2.35 bits per heavy atom. The van der Waals surface area contributed by atoms with Gasteiger partial charge in [-0.25, -0.2) is 0 Å². The predicted molar refractivity (Wildman–Crippen MR) is 74.7 cm³/mol. The van der Waals surface area contributed by atoms with Crippen LogP contribution in [-0.4, -0.2) is 53.9 Å². The van der Waals surface area contributed by atoms with E-state index >= 15 is 0 Å². The first-order valence-corrected chi connectivity index (χ1v) is 7.93. The fraction of sp³-hybridized carbons (Fsp3) is 0.867. The molecule has 0 radical (unpaired) electrons. The summed E-state index contributed by atoms with van der Waals surface area (Å²) < 4.78 is 43.2. The largest absolute Gasteiger partial charge is 0.481 e. The molecular weight excluding hydrogens is 315 g/mol. The summed E-state index contributed by atoms with van der Waals surface area (Å²) in [6, 6.07) is -0.486. The number of hydrogen-bond donors (Lipinski definition) is 1. The molecule has 1 saturated carbocycles. The lowest BCUT2D eigenvalue weighted by Gasteiger charge is -2.36. The minimum Gasteiger partial charge on any atom is -0.481 e. The first-order valence-electron chi connectivity index (χ1n) is 7.93. The highest BCUT2D eigenvalue weighted by atomic mass is 19.4. The zero-order valence-corrected chi connectivity index (χ0v) is 12.8. The third-order valence-electron chi connectivity index (χ3n) is 4.73. The van der Waals surface area contributed by atoms with Crippen LogP contribution >= 0.6 is 0 Å². The van der Waals surface area contributed by atoms with Crippen molar-refractivity contribution in [3.05, 3.63) is 0 Å². The second-order valence-corrected chi connectivity index (χ2v) is 6.38. The number of carboxylic acid groups (broad SMARTS) is 1. The number of ether oxygens (including phenoxy) is 1. The third kappa shape index (κ3) is 5.09. The van der Waals surface area contributed by atoms with Crippen molar-refractivity contribution in [1.82, 2.24) is 4.90 Å². The lowest BCUT2D eigenvalue weighted by atomic mass is 9.80. The molecule has 1 aliphatic carbocycles. The molecule has 2 rings (SSSR count). The quantitative estimate of drug-likeness (QED) is 0.856. The molecule has 1 atom stereocenters. The van der Waals surface area contributed by atoms with Crippen LogP contribution in [0.2, 0.25) is 0 Å². The highest BCUT2D eigenvalue weighted by Gasteiger charge is 2.42. The Morgan fingerprint density at radius 2 is 1.78 bits per heavy atom. The second kappa shape index (κ2) is 7.51. The van der Waals surface area contributed by atoms with Gasteiger partial charge in [-0.2, -0.15) is 13.2 Å². The molecule has 1 aliphatic heterocycles. The summed E-state index contributed by atoms with van der Waals surface area (Å²) in [7, 11) is 0. The first-order chi connectivity index (χ1) is 10.8. The van der Waals surface area contributed by atoms with Crippen LogP contribution in [0.15, 0.2) is 0 Å². The standard InChI is InChI=1S/C15H22F3NO4/c16-15(17,18)11-3-1-10(2-4-11)7-13(20)19-5-6-23-9-12(19)8-14(21)22/h10-12H,1-9H2,(H,21,22). The minimum absolute atomic E-state index is 0.0468. The van der Waals surface area contributed by atoms with Crippen LogP contribution in [0.5, 0.6) is 0 Å². The van der Waals surface area contributed by atoms with Gasteiger partial charge in [0.05, 0.1) is 31.6 Å². The fourth-order valence-electron chi connectivity index (χ4n) is 3.41. The van der Waals surface area contributed by atoms with Gasteiger partial charge in [-0.15, -0.1) is 0 Å². The highest BCUT2D eigenvalue weighted by molar-refractivity contribution is 5.78. The Hall–Kier alpha value is -1.31. The van der Waals surface area contributed by atoms with Gasteiger partial charge in [0.2, 0.25) is 5.91 Å². The second-order valence-electron chi connectivity index (χ2n) is 6.38. The van der Waals surface area contributed by atoms with Gasteiger partial charge in [0.25, 0.3) is 0 Å². The lowest BCUT2D eigenvalue weighted by molar-refractivity contribution is -0.184. The number of carbonyl (C=O) groups excluding carboxylic acids is 1. The Bertz CT molecular complexity index is 433. The SMILES string of the molecule is O=C(O)CC1COCCN1C(=O)CC1CCC(C(F)(F)F)CC1. The molecule has 1 amide bonds. The van der Waals surface area contributed by atoms with Crippen LogP contribution in [-0.2, 0) is 14.3 Å². The van der Waals surface area contributed by atoms with Gasteiger partial charge >= 0.3 is 12.1 Å². The van der Waals surface area contributed by atoms with Crippen LogP contribution in [0.4, 0.5) is 13.2 Å². The Labute approximate surface area is 132 Å². The molecule has 1 N–H and O–H groups in total. The molecule has 5 nitrogen and oxygen atoms in total. The molecule has 1 saturated heterocycles. The number of rotatable bonds is 4. The molecule has 1 unspecified atom stereocenters. The number of amides is 1. The van der Waals surface area contributed by atoms with Crippen LogP contribution in [0, 0.1) is 11.8 Å². The molecule has 0 bridgehead atoms. The van der Waals surface area contributed by atoms with Gasteiger partial charge in [-0.3, -0.25) is 9.59 Å². The first kappa shape index (κ1) is 18.0. The number of carbonyl (C=O) groups is 2. The van der Waals surface area contributed by atoms with E-state index in [4.69, 9.17) is 9.84 Å². The van der Waals surface area contributed by atoms with Crippen molar-refractivity contribution in [2.45, 2.75) is 50.7 Å². The smallest absolute Gasteiger partial charge is 0.391 e. The number of morpholine rings is 1. The average Bonchev–Trinajstić information content (AvgIpc) is 2.46. The van der Waals surface area contributed by atoms with E-state index in [9.17, 15) is 22.8 Å². The zero-order chi connectivity index (χ0) is 17.0. The van der Waals surface area contributed by atoms with E-state index in [1.807, 2.05) is 0 Å². The number of aliphatic carboxylic acids is 1. The summed E-state index contributed by atoms with van der Waals surface area (Å²) in [6.07, 6.45) is -3.20. The average molecular weight is 337 g/mol. The summed E-state index contributed by atoms with van der Waals surface area (Å²) in [6.45, 7) is 0.899. The van der Waals surface area contributed by atoms with E-state index in [-0.39, 0.29) is 44.1 Å². The van der Waals surface area contributed by atoms with Gasteiger partial charge in [-0.1, -0.05) is 0 Å². The van der Waals surface area contributed by atoms with E-state index in [0.717, 1.165) is 0 Å². The van der Waals surface area contributed by atoms with Gasteiger partial charge in [0.15, 0.2) is 0 Å². The molecule has 0 aromatic carbocycles. The number of alkyl halides is 3. The summed E-state index contributed by atoms with van der Waals surface area (Å²) >= 11 is 0. The molecule has 132 valence electrons. The van der Waals surface area contributed by atoms with E-state index < -0.39 is 24.1 Å². The van der Waals surface area contributed by atoms with E-state index in [1.54, 1.807) is 0 Å². The minimum atomic E-state index is -4.15. The molecular formula is C15H22F3NO4. The summed E-state index contributed by atoms with van der Waals surface area (Å²) in [5.41, 5.74) is 0. The normalized spacial score (nSPS) is 29.3. The number of hydrogen-bond acceptors (Lipinski definition) is 3. The van der Waals surface area contributed by atoms with E-state index in [2.05, 4.69) is 0 Å². The van der Waals surface area contributed by atoms with Crippen molar-refractivity contribution < 1.29 is 32.6 Å². The Balaban J connectivity index is 1.85. The van der Waals surface area contributed by atoms with Crippen molar-refractivity contribution in [3.63, 3.8) is 0 Å². The lowest BCUT2D eigenvalue weighted by Crippen LogP contribution is -2.50. The van der Waals surface area contributed by atoms with Crippen molar-refractivity contribution in [2.75, 3.05) is 19.8 Å². The van der Waals surface area contributed by atoms with Crippen LogP contribution in [0.3, 0.4) is 0 Å². The van der Waals surface area contributed by atoms with Gasteiger partial charge in [0, 0.05) is 13.0 Å². The maximum atomic E-state index is 12.6. The molecule has 2 fully saturated rings. The van der Waals surface area contributed by atoms with Crippen molar-refractivity contribution >= 4 is 11.9 Å². The fourth-order valence-corrected chi connectivity index (χ4v) is 3.41. The number of nitrogens with zero attached hydrogens (tertiary/aromatic N) is 1. The van der Waals surface area contributed by atoms with Crippen molar-refractivity contribution in [3.8, 4) is 0 Å². The van der Waals surface area contributed by atoms with E-state index in [0.29, 0.717) is 26.0 Å². The molecule has 8 heteroatoms. The predicted octanol–water partition coefficient (Wildman–Crippen LogP) is 2.45. The summed E-state index contributed by atoms with van der Waals surface area (Å²) in [5, 5.41) is 8.89. The molecule has 1 heterocycles. The summed E-state index contributed by atoms with van der Waals surface area (Å²) in [5.74, 6) is -2.47. The topological polar surface area (TPSA) is 66.8 Å². The number of halogens is 3. The Morgan fingerprint density at radius 1 is 1.13 bits per heavy atom. The van der Waals surface area contributed by atoms with Crippen LogP contribution < -0.4 is 0 Å². The molecule has 0 spiro atoms. The Kier molecular flexibility index (Phi) is 5.89. The molecule has 23 heavy (non-hydrogen) atoms. The van der Waals surface area contributed by atoms with Crippen LogP contribution in [0.1, 0.15) is 38.5 Å². The van der Waals surface area contributed by atoms with Crippen LogP contribution in [0.25, 0.3) is 0 Å². The van der Waals surface area contributed by atoms with Crippen molar-refractivity contribution in [2.24, 2.45) is 11.8 Å². The van der Waals surface area contributed by atoms with Gasteiger partial charge in [-0.05, 0) is 31.6 Å². The molecule has 0 aromatic heterocycles. The zero-order valence-electron chi connectivity index (χ0n) is 12.8. The van der Waals surface area contributed by atoms with E-state index in [1.165, 1.54) is 4.90 Å². The molecule has 0 aromatic rings. The monoisotopic (exact) mass is 337 g/mol. The summed E-state index contributed by atoms with van der Waals surface area (Å²) in [4.78, 5) is 24.8. The molecule has 2 aliphatic rings. The van der Waals surface area contributed by atoms with Crippen molar-refractivity contribution in [1.29, 1.82) is 0 Å². The van der Waals surface area contributed by atoms with Gasteiger partial charge in [0.1, 0.15) is 0 Å². The van der Waals surface area contributed by atoms with Gasteiger partial charge < -0.3 is 14.7 Å².